The lowest BCUT2D eigenvalue weighted by Crippen LogP contribution is -2.12. The Morgan fingerprint density at radius 2 is 2.16 bits per heavy atom. The van der Waals surface area contributed by atoms with Crippen LogP contribution in [0.2, 0.25) is 0 Å². The summed E-state index contributed by atoms with van der Waals surface area (Å²) in [5.74, 6) is -0.895. The Balaban J connectivity index is 2.83. The van der Waals surface area contributed by atoms with Gasteiger partial charge in [0.15, 0.2) is 5.69 Å². The molecular formula is C11H9F3N2O2S. The molecule has 2 heterocycles. The molecule has 0 atom stereocenters. The highest BCUT2D eigenvalue weighted by atomic mass is 32.2. The van der Waals surface area contributed by atoms with Crippen LogP contribution in [0.3, 0.4) is 0 Å². The van der Waals surface area contributed by atoms with Gasteiger partial charge in [-0.05, 0) is 17.9 Å². The Morgan fingerprint density at radius 3 is 2.68 bits per heavy atom. The number of aromatic nitrogens is 2. The number of imidazole rings is 1. The van der Waals surface area contributed by atoms with Crippen molar-refractivity contribution in [3.05, 3.63) is 29.6 Å². The van der Waals surface area contributed by atoms with Gasteiger partial charge >= 0.3 is 12.1 Å². The van der Waals surface area contributed by atoms with Crippen molar-refractivity contribution in [2.45, 2.75) is 18.1 Å². The topological polar surface area (TPSA) is 54.6 Å². The maximum Gasteiger partial charge on any atom is 0.431 e. The van der Waals surface area contributed by atoms with E-state index in [0.717, 1.165) is 22.2 Å². The molecule has 0 aromatic carbocycles. The number of aromatic carboxylic acids is 1. The Kier molecular flexibility index (Phi) is 3.44. The number of carbonyl (C=O) groups is 1. The third kappa shape index (κ3) is 2.40. The molecule has 0 saturated carbocycles. The van der Waals surface area contributed by atoms with Crippen LogP contribution in [0.4, 0.5) is 13.2 Å². The first kappa shape index (κ1) is 13.7. The minimum absolute atomic E-state index is 0.00192. The summed E-state index contributed by atoms with van der Waals surface area (Å²) in [4.78, 5) is 14.8. The van der Waals surface area contributed by atoms with Gasteiger partial charge in [0.2, 0.25) is 0 Å². The number of nitrogens with zero attached hydrogens (tertiary/aromatic N) is 2. The zero-order valence-electron chi connectivity index (χ0n) is 9.73. The third-order valence-corrected chi connectivity index (χ3v) is 3.31. The Morgan fingerprint density at radius 1 is 1.47 bits per heavy atom. The van der Waals surface area contributed by atoms with Crippen LogP contribution < -0.4 is 0 Å². The second-order valence-electron chi connectivity index (χ2n) is 3.61. The molecule has 2 rings (SSSR count). The molecule has 0 radical (unpaired) electrons. The Labute approximate surface area is 110 Å². The van der Waals surface area contributed by atoms with Crippen LogP contribution in [-0.4, -0.2) is 26.2 Å². The predicted molar refractivity (Wildman–Crippen MR) is 63.6 cm³/mol. The van der Waals surface area contributed by atoms with Crippen molar-refractivity contribution in [2.24, 2.45) is 0 Å². The Hall–Kier alpha value is -1.70. The molecule has 2 aromatic rings. The van der Waals surface area contributed by atoms with Crippen LogP contribution in [0.5, 0.6) is 0 Å². The van der Waals surface area contributed by atoms with E-state index in [2.05, 4.69) is 4.98 Å². The molecule has 0 saturated heterocycles. The summed E-state index contributed by atoms with van der Waals surface area (Å²) < 4.78 is 39.7. The summed E-state index contributed by atoms with van der Waals surface area (Å²) >= 11 is 1.02. The molecule has 0 aliphatic carbocycles. The van der Waals surface area contributed by atoms with Crippen molar-refractivity contribution in [2.75, 3.05) is 5.75 Å². The van der Waals surface area contributed by atoms with E-state index >= 15 is 0 Å². The van der Waals surface area contributed by atoms with Crippen LogP contribution in [0.15, 0.2) is 23.2 Å². The summed E-state index contributed by atoms with van der Waals surface area (Å²) in [5, 5.41) is 9.01. The van der Waals surface area contributed by atoms with Crippen LogP contribution in [-0.2, 0) is 6.18 Å². The van der Waals surface area contributed by atoms with Gasteiger partial charge in [-0.2, -0.15) is 13.2 Å². The lowest BCUT2D eigenvalue weighted by molar-refractivity contribution is -0.142. The molecule has 1 N–H and O–H groups in total. The van der Waals surface area contributed by atoms with E-state index in [9.17, 15) is 18.0 Å². The predicted octanol–water partition coefficient (Wildman–Crippen LogP) is 3.16. The van der Waals surface area contributed by atoms with Gasteiger partial charge in [-0.3, -0.25) is 4.40 Å². The van der Waals surface area contributed by atoms with Crippen molar-refractivity contribution in [3.63, 3.8) is 0 Å². The number of thioether (sulfide) groups is 1. The van der Waals surface area contributed by atoms with E-state index < -0.39 is 17.8 Å². The largest absolute Gasteiger partial charge is 0.476 e. The average Bonchev–Trinajstić information content (AvgIpc) is 2.67. The maximum atomic E-state index is 12.9. The van der Waals surface area contributed by atoms with Crippen LogP contribution in [0.1, 0.15) is 23.1 Å². The molecule has 0 aliphatic heterocycles. The molecule has 0 bridgehead atoms. The number of carboxylic acids is 1. The number of halogens is 3. The lowest BCUT2D eigenvalue weighted by atomic mass is 10.3. The van der Waals surface area contributed by atoms with Crippen molar-refractivity contribution < 1.29 is 23.1 Å². The molecule has 0 aliphatic rings. The van der Waals surface area contributed by atoms with Crippen molar-refractivity contribution in [3.8, 4) is 0 Å². The molecule has 0 unspecified atom stereocenters. The number of pyridine rings is 1. The maximum absolute atomic E-state index is 12.9. The van der Waals surface area contributed by atoms with E-state index in [1.54, 1.807) is 6.92 Å². The first-order chi connectivity index (χ1) is 8.86. The van der Waals surface area contributed by atoms with Gasteiger partial charge in [-0.15, -0.1) is 11.8 Å². The van der Waals surface area contributed by atoms with Gasteiger partial charge in [-0.1, -0.05) is 13.0 Å². The summed E-state index contributed by atoms with van der Waals surface area (Å²) in [5.41, 5.74) is -1.31. The number of hydrogen-bond donors (Lipinski definition) is 1. The monoisotopic (exact) mass is 290 g/mol. The van der Waals surface area contributed by atoms with Gasteiger partial charge in [0.1, 0.15) is 16.4 Å². The molecule has 4 nitrogen and oxygen atoms in total. The highest BCUT2D eigenvalue weighted by molar-refractivity contribution is 7.99. The molecule has 102 valence electrons. The molecular weight excluding hydrogens is 281 g/mol. The fourth-order valence-corrected chi connectivity index (χ4v) is 2.56. The molecule has 0 fully saturated rings. The standard InChI is InChI=1S/C11H9F3N2O2S/c1-2-19-9-8(10(17)18)15-7-5-3-4-6(16(7)9)11(12,13)14/h3-5H,2H2,1H3,(H,17,18). The third-order valence-electron chi connectivity index (χ3n) is 2.38. The molecule has 0 spiro atoms. The number of fused-ring (bicyclic) bond motifs is 1. The van der Waals surface area contributed by atoms with E-state index in [0.29, 0.717) is 5.75 Å². The number of hydrogen-bond acceptors (Lipinski definition) is 3. The fraction of sp³-hybridized carbons (Fsp3) is 0.273. The minimum atomic E-state index is -4.57. The van der Waals surface area contributed by atoms with Crippen LogP contribution in [0, 0.1) is 0 Å². The van der Waals surface area contributed by atoms with Crippen molar-refractivity contribution in [1.82, 2.24) is 9.38 Å². The van der Waals surface area contributed by atoms with E-state index in [4.69, 9.17) is 5.11 Å². The van der Waals surface area contributed by atoms with Crippen LogP contribution in [0.25, 0.3) is 5.65 Å². The first-order valence-corrected chi connectivity index (χ1v) is 6.29. The fourth-order valence-electron chi connectivity index (χ4n) is 1.70. The summed E-state index contributed by atoms with van der Waals surface area (Å²) in [6.07, 6.45) is -4.57. The Bertz CT molecular complexity index is 637. The average molecular weight is 290 g/mol. The second kappa shape index (κ2) is 4.76. The van der Waals surface area contributed by atoms with Gasteiger partial charge < -0.3 is 5.11 Å². The number of rotatable bonds is 3. The SMILES string of the molecule is CCSc1c(C(=O)O)nc2cccc(C(F)(F)F)n12. The van der Waals surface area contributed by atoms with Gasteiger partial charge in [0, 0.05) is 0 Å². The van der Waals surface area contributed by atoms with E-state index in [-0.39, 0.29) is 16.4 Å². The highest BCUT2D eigenvalue weighted by Gasteiger charge is 2.35. The van der Waals surface area contributed by atoms with Crippen molar-refractivity contribution in [1.29, 1.82) is 0 Å². The zero-order valence-corrected chi connectivity index (χ0v) is 10.5. The van der Waals surface area contributed by atoms with Crippen molar-refractivity contribution >= 4 is 23.4 Å². The van der Waals surface area contributed by atoms with Crippen LogP contribution >= 0.6 is 11.8 Å². The zero-order chi connectivity index (χ0) is 14.2. The van der Waals surface area contributed by atoms with E-state index in [1.807, 2.05) is 0 Å². The smallest absolute Gasteiger partial charge is 0.431 e. The highest BCUT2D eigenvalue weighted by Crippen LogP contribution is 2.34. The quantitative estimate of drug-likeness (QED) is 0.882. The molecule has 0 amide bonds. The summed E-state index contributed by atoms with van der Waals surface area (Å²) in [7, 11) is 0. The van der Waals surface area contributed by atoms with Gasteiger partial charge in [0.25, 0.3) is 0 Å². The van der Waals surface area contributed by atoms with Gasteiger partial charge in [-0.25, -0.2) is 9.78 Å². The second-order valence-corrected chi connectivity index (χ2v) is 4.86. The minimum Gasteiger partial charge on any atom is -0.476 e. The number of alkyl halides is 3. The molecule has 2 aromatic heterocycles. The van der Waals surface area contributed by atoms with Gasteiger partial charge in [0.05, 0.1) is 0 Å². The first-order valence-electron chi connectivity index (χ1n) is 5.31. The number of carboxylic acid groups (broad SMARTS) is 1. The molecule has 8 heteroatoms. The molecule has 19 heavy (non-hydrogen) atoms. The lowest BCUT2D eigenvalue weighted by Gasteiger charge is -2.11. The summed E-state index contributed by atoms with van der Waals surface area (Å²) in [6.45, 7) is 1.73. The van der Waals surface area contributed by atoms with E-state index in [1.165, 1.54) is 12.1 Å². The normalized spacial score (nSPS) is 12.0. The summed E-state index contributed by atoms with van der Waals surface area (Å²) in [6, 6.07) is 3.46.